The molecule has 8 heteroatoms. The Hall–Kier alpha value is -2.74. The van der Waals surface area contributed by atoms with E-state index in [4.69, 9.17) is 5.73 Å². The van der Waals surface area contributed by atoms with E-state index >= 15 is 0 Å². The first-order valence-corrected chi connectivity index (χ1v) is 9.73. The van der Waals surface area contributed by atoms with Crippen molar-refractivity contribution in [1.82, 2.24) is 19.0 Å². The number of piperidine rings is 1. The first kappa shape index (κ1) is 20.0. The lowest BCUT2D eigenvalue weighted by atomic mass is 10.1. The quantitative estimate of drug-likeness (QED) is 0.745. The van der Waals surface area contributed by atoms with E-state index in [2.05, 4.69) is 4.98 Å². The summed E-state index contributed by atoms with van der Waals surface area (Å²) in [5.41, 5.74) is 6.41. The topological polar surface area (TPSA) is 103 Å². The third-order valence-corrected chi connectivity index (χ3v) is 5.14. The summed E-state index contributed by atoms with van der Waals surface area (Å²) < 4.78 is 2.34. The van der Waals surface area contributed by atoms with E-state index in [1.807, 2.05) is 24.0 Å². The normalized spacial score (nSPS) is 14.9. The van der Waals surface area contributed by atoms with Crippen LogP contribution >= 0.6 is 0 Å². The second-order valence-electron chi connectivity index (χ2n) is 7.21. The van der Waals surface area contributed by atoms with E-state index in [-0.39, 0.29) is 36.8 Å². The highest BCUT2D eigenvalue weighted by molar-refractivity contribution is 6.01. The molecule has 3 heterocycles. The number of aryl methyl sites for hydroxylation is 1. The smallest absolute Gasteiger partial charge is 0.332 e. The third-order valence-electron chi connectivity index (χ3n) is 5.14. The molecule has 2 N–H and O–H groups in total. The molecule has 2 aromatic heterocycles. The Morgan fingerprint density at radius 3 is 2.50 bits per heavy atom. The number of likely N-dealkylation sites (tertiary alicyclic amines) is 1. The number of hydrogen-bond donors (Lipinski definition) is 1. The largest absolute Gasteiger partial charge is 0.384 e. The number of nitrogens with zero attached hydrogens (tertiary/aromatic N) is 4. The van der Waals surface area contributed by atoms with Crippen molar-refractivity contribution in [3.63, 3.8) is 0 Å². The van der Waals surface area contributed by atoms with Crippen LogP contribution in [0.3, 0.4) is 0 Å². The van der Waals surface area contributed by atoms with E-state index in [1.165, 1.54) is 4.57 Å². The van der Waals surface area contributed by atoms with Crippen molar-refractivity contribution >= 4 is 11.6 Å². The molecule has 1 aliphatic rings. The second-order valence-corrected chi connectivity index (χ2v) is 7.21. The number of rotatable bonds is 6. The summed E-state index contributed by atoms with van der Waals surface area (Å²) in [5, 5.41) is 0. The monoisotopic (exact) mass is 385 g/mol. The highest BCUT2D eigenvalue weighted by atomic mass is 16.2. The summed E-state index contributed by atoms with van der Waals surface area (Å²) in [6.07, 6.45) is 3.24. The van der Waals surface area contributed by atoms with Gasteiger partial charge in [-0.1, -0.05) is 12.5 Å². The molecular formula is C20H27N5O3. The Morgan fingerprint density at radius 1 is 1.14 bits per heavy atom. The molecule has 1 fully saturated rings. The fraction of sp³-hybridized carbons (Fsp3) is 0.500. The Morgan fingerprint density at radius 2 is 1.86 bits per heavy atom. The molecule has 0 radical (unpaired) electrons. The molecule has 150 valence electrons. The van der Waals surface area contributed by atoms with Crippen LogP contribution in [0.2, 0.25) is 0 Å². The van der Waals surface area contributed by atoms with Crippen molar-refractivity contribution in [1.29, 1.82) is 0 Å². The fourth-order valence-electron chi connectivity index (χ4n) is 3.66. The van der Waals surface area contributed by atoms with Gasteiger partial charge in [0, 0.05) is 12.2 Å². The molecule has 1 saturated heterocycles. The standard InChI is InChI=1S/C20H27N5O3/c1-3-24-19(27)17(16(26)13-23-10-5-4-6-11-23)18(21)25(20(24)28)12-15-9-7-8-14(2)22-15/h7-9H,3-6,10-13,21H2,1-2H3. The number of carbonyl (C=O) groups excluding carboxylic acids is 1. The van der Waals surface area contributed by atoms with Gasteiger partial charge in [0.25, 0.3) is 5.56 Å². The van der Waals surface area contributed by atoms with Crippen LogP contribution in [-0.2, 0) is 13.1 Å². The maximum absolute atomic E-state index is 12.9. The van der Waals surface area contributed by atoms with Crippen molar-refractivity contribution in [3.05, 3.63) is 56.0 Å². The molecule has 0 spiro atoms. The summed E-state index contributed by atoms with van der Waals surface area (Å²) in [6, 6.07) is 5.49. The first-order chi connectivity index (χ1) is 13.4. The molecule has 28 heavy (non-hydrogen) atoms. The van der Waals surface area contributed by atoms with Gasteiger partial charge in [0.2, 0.25) is 0 Å². The fourth-order valence-corrected chi connectivity index (χ4v) is 3.66. The summed E-state index contributed by atoms with van der Waals surface area (Å²) in [6.45, 7) is 5.65. The summed E-state index contributed by atoms with van der Waals surface area (Å²) >= 11 is 0. The summed E-state index contributed by atoms with van der Waals surface area (Å²) in [5.74, 6) is -0.414. The number of Topliss-reactive ketones (excluding diaryl/α,β-unsaturated/α-hetero) is 1. The molecule has 1 aliphatic heterocycles. The zero-order valence-corrected chi connectivity index (χ0v) is 16.5. The van der Waals surface area contributed by atoms with Gasteiger partial charge in [-0.25, -0.2) is 4.79 Å². The number of hydrogen-bond acceptors (Lipinski definition) is 6. The van der Waals surface area contributed by atoms with Gasteiger partial charge in [-0.3, -0.25) is 28.6 Å². The predicted octanol–water partition coefficient (Wildman–Crippen LogP) is 1.03. The summed E-state index contributed by atoms with van der Waals surface area (Å²) in [4.78, 5) is 45.0. The van der Waals surface area contributed by atoms with E-state index < -0.39 is 11.2 Å². The van der Waals surface area contributed by atoms with Crippen molar-refractivity contribution in [3.8, 4) is 0 Å². The maximum atomic E-state index is 12.9. The minimum absolute atomic E-state index is 0.0787. The lowest BCUT2D eigenvalue weighted by molar-refractivity contribution is 0.0913. The Labute approximate surface area is 163 Å². The third kappa shape index (κ3) is 4.06. The summed E-state index contributed by atoms with van der Waals surface area (Å²) in [7, 11) is 0. The number of nitrogen functional groups attached to an aromatic ring is 1. The lowest BCUT2D eigenvalue weighted by Gasteiger charge is -2.26. The van der Waals surface area contributed by atoms with Crippen LogP contribution < -0.4 is 17.0 Å². The molecule has 0 atom stereocenters. The molecule has 0 bridgehead atoms. The molecule has 8 nitrogen and oxygen atoms in total. The molecule has 0 aliphatic carbocycles. The van der Waals surface area contributed by atoms with Gasteiger partial charge in [-0.05, 0) is 51.9 Å². The number of aromatic nitrogens is 3. The highest BCUT2D eigenvalue weighted by Crippen LogP contribution is 2.13. The van der Waals surface area contributed by atoms with Gasteiger partial charge in [0.1, 0.15) is 11.4 Å². The number of anilines is 1. The van der Waals surface area contributed by atoms with Gasteiger partial charge in [-0.15, -0.1) is 0 Å². The Bertz CT molecular complexity index is 986. The lowest BCUT2D eigenvalue weighted by Crippen LogP contribution is -2.45. The average Bonchev–Trinajstić information content (AvgIpc) is 2.66. The average molecular weight is 385 g/mol. The first-order valence-electron chi connectivity index (χ1n) is 9.73. The molecular weight excluding hydrogens is 358 g/mol. The number of ketones is 1. The molecule has 0 aromatic carbocycles. The second kappa shape index (κ2) is 8.52. The van der Waals surface area contributed by atoms with Crippen LogP contribution in [0.1, 0.15) is 47.9 Å². The van der Waals surface area contributed by atoms with E-state index in [1.54, 1.807) is 13.0 Å². The number of nitrogens with two attached hydrogens (primary N) is 1. The minimum Gasteiger partial charge on any atom is -0.384 e. The maximum Gasteiger partial charge on any atom is 0.332 e. The molecule has 0 unspecified atom stereocenters. The van der Waals surface area contributed by atoms with Gasteiger partial charge in [0.05, 0.1) is 18.8 Å². The van der Waals surface area contributed by atoms with Crippen LogP contribution in [0.15, 0.2) is 27.8 Å². The van der Waals surface area contributed by atoms with Crippen LogP contribution in [0.5, 0.6) is 0 Å². The van der Waals surface area contributed by atoms with E-state index in [0.29, 0.717) is 5.69 Å². The Balaban J connectivity index is 2.03. The van der Waals surface area contributed by atoms with Gasteiger partial charge in [0.15, 0.2) is 5.78 Å². The number of pyridine rings is 1. The highest BCUT2D eigenvalue weighted by Gasteiger charge is 2.24. The van der Waals surface area contributed by atoms with Crippen LogP contribution in [0.25, 0.3) is 0 Å². The molecule has 3 rings (SSSR count). The molecule has 0 amide bonds. The van der Waals surface area contributed by atoms with E-state index in [9.17, 15) is 14.4 Å². The van der Waals surface area contributed by atoms with Crippen molar-refractivity contribution < 1.29 is 4.79 Å². The van der Waals surface area contributed by atoms with Gasteiger partial charge < -0.3 is 5.73 Å². The molecule has 2 aromatic rings. The van der Waals surface area contributed by atoms with Gasteiger partial charge >= 0.3 is 5.69 Å². The predicted molar refractivity (Wildman–Crippen MR) is 108 cm³/mol. The number of carbonyl (C=O) groups is 1. The SMILES string of the molecule is CCn1c(=O)c(C(=O)CN2CCCCC2)c(N)n(Cc2cccc(C)n2)c1=O. The van der Waals surface area contributed by atoms with Crippen molar-refractivity contribution in [2.24, 2.45) is 0 Å². The Kier molecular flexibility index (Phi) is 6.08. The van der Waals surface area contributed by atoms with Crippen molar-refractivity contribution in [2.45, 2.75) is 46.2 Å². The van der Waals surface area contributed by atoms with Crippen LogP contribution in [-0.4, -0.2) is 44.4 Å². The van der Waals surface area contributed by atoms with Crippen molar-refractivity contribution in [2.75, 3.05) is 25.4 Å². The molecule has 0 saturated carbocycles. The zero-order valence-electron chi connectivity index (χ0n) is 16.5. The zero-order chi connectivity index (χ0) is 20.3. The van der Waals surface area contributed by atoms with Crippen LogP contribution in [0.4, 0.5) is 5.82 Å². The van der Waals surface area contributed by atoms with Gasteiger partial charge in [-0.2, -0.15) is 0 Å². The van der Waals surface area contributed by atoms with Crippen LogP contribution in [0, 0.1) is 6.92 Å². The minimum atomic E-state index is -0.611. The van der Waals surface area contributed by atoms with E-state index in [0.717, 1.165) is 42.6 Å².